The zero-order valence-corrected chi connectivity index (χ0v) is 20.2. The molecule has 5 rings (SSSR count). The van der Waals surface area contributed by atoms with Crippen molar-refractivity contribution in [2.45, 2.75) is 25.3 Å². The fourth-order valence-electron chi connectivity index (χ4n) is 5.29. The fraction of sp³-hybridized carbons (Fsp3) is 0.167. The first kappa shape index (κ1) is 22.5. The smallest absolute Gasteiger partial charge is 0.201 e. The van der Waals surface area contributed by atoms with Crippen molar-refractivity contribution < 1.29 is 5.11 Å². The standard InChI is InChI=1S/C30H29N2OS/c1-2-24-21-34-22-29(24)32(20-28(18-19-33)31-23-32)30(25-12-6-3-7-13-25,26-14-8-4-9-15-26)27-16-10-5-11-17-27/h3-17,20-23,33H,2,18-19H2,1H3/q+1. The van der Waals surface area contributed by atoms with Crippen LogP contribution in [0.3, 0.4) is 0 Å². The number of aliphatic hydroxyl groups excluding tert-OH is 1. The minimum absolute atomic E-state index is 0.0719. The van der Waals surface area contributed by atoms with Crippen molar-refractivity contribution in [3.05, 3.63) is 136 Å². The van der Waals surface area contributed by atoms with E-state index in [-0.39, 0.29) is 6.61 Å². The number of hydrogen-bond acceptors (Lipinski definition) is 3. The van der Waals surface area contributed by atoms with Gasteiger partial charge in [-0.05, 0) is 6.42 Å². The Morgan fingerprint density at radius 2 is 1.32 bits per heavy atom. The Morgan fingerprint density at radius 1 is 0.794 bits per heavy atom. The average Bonchev–Trinajstić information content (AvgIpc) is 3.55. The summed E-state index contributed by atoms with van der Waals surface area (Å²) in [6.07, 6.45) is 5.80. The summed E-state index contributed by atoms with van der Waals surface area (Å²) in [5.74, 6) is 0. The Kier molecular flexibility index (Phi) is 6.29. The highest BCUT2D eigenvalue weighted by atomic mass is 32.1. The van der Waals surface area contributed by atoms with E-state index >= 15 is 0 Å². The zero-order chi connectivity index (χ0) is 23.4. The van der Waals surface area contributed by atoms with Gasteiger partial charge in [-0.3, -0.25) is 0 Å². The van der Waals surface area contributed by atoms with Gasteiger partial charge in [0.1, 0.15) is 11.9 Å². The molecule has 0 radical (unpaired) electrons. The highest BCUT2D eigenvalue weighted by molar-refractivity contribution is 7.08. The van der Waals surface area contributed by atoms with E-state index in [1.54, 1.807) is 11.3 Å². The fourth-order valence-corrected chi connectivity index (χ4v) is 6.27. The van der Waals surface area contributed by atoms with E-state index in [9.17, 15) is 5.11 Å². The second-order valence-corrected chi connectivity index (χ2v) is 9.30. The van der Waals surface area contributed by atoms with Gasteiger partial charge >= 0.3 is 0 Å². The summed E-state index contributed by atoms with van der Waals surface area (Å²) in [7, 11) is 0. The second kappa shape index (κ2) is 9.51. The molecular weight excluding hydrogens is 436 g/mol. The molecule has 4 aromatic rings. The van der Waals surface area contributed by atoms with Gasteiger partial charge in [-0.25, -0.2) is 9.48 Å². The molecule has 2 heterocycles. The predicted molar refractivity (Wildman–Crippen MR) is 143 cm³/mol. The maximum atomic E-state index is 9.76. The summed E-state index contributed by atoms with van der Waals surface area (Å²) in [5.41, 5.74) is 6.39. The Labute approximate surface area is 205 Å². The van der Waals surface area contributed by atoms with Gasteiger partial charge in [-0.15, -0.1) is 11.3 Å². The van der Waals surface area contributed by atoms with Crippen molar-refractivity contribution in [1.82, 2.24) is 4.48 Å². The van der Waals surface area contributed by atoms with Gasteiger partial charge in [0.2, 0.25) is 6.34 Å². The van der Waals surface area contributed by atoms with E-state index in [2.05, 4.69) is 121 Å². The van der Waals surface area contributed by atoms with Gasteiger partial charge in [0.25, 0.3) is 0 Å². The van der Waals surface area contributed by atoms with Crippen LogP contribution >= 0.6 is 11.3 Å². The Bertz CT molecular complexity index is 1200. The van der Waals surface area contributed by atoms with Crippen LogP contribution in [0.25, 0.3) is 0 Å². The minimum Gasteiger partial charge on any atom is -0.396 e. The summed E-state index contributed by atoms with van der Waals surface area (Å²) in [6.45, 7) is 2.28. The molecule has 0 saturated carbocycles. The number of quaternary nitrogens is 1. The lowest BCUT2D eigenvalue weighted by molar-refractivity contribution is 0.298. The molecule has 0 aliphatic carbocycles. The van der Waals surface area contributed by atoms with E-state index in [0.717, 1.165) is 12.1 Å². The molecule has 0 spiro atoms. The summed E-state index contributed by atoms with van der Waals surface area (Å²) < 4.78 is 0.410. The number of aliphatic hydroxyl groups is 1. The number of benzene rings is 3. The molecule has 1 atom stereocenters. The Morgan fingerprint density at radius 3 is 1.79 bits per heavy atom. The SMILES string of the molecule is CCc1cscc1[N+]1(C(c2ccccc2)(c2ccccc2)c2ccccc2)C=NC(CCO)=C1. The molecule has 170 valence electrons. The number of hydrogen-bond donors (Lipinski definition) is 1. The lowest BCUT2D eigenvalue weighted by Gasteiger charge is -2.47. The van der Waals surface area contributed by atoms with Crippen LogP contribution < -0.4 is 4.48 Å². The molecule has 4 heteroatoms. The van der Waals surface area contributed by atoms with E-state index < -0.39 is 5.54 Å². The van der Waals surface area contributed by atoms with Gasteiger partial charge in [0, 0.05) is 40.7 Å². The van der Waals surface area contributed by atoms with Gasteiger partial charge in [-0.1, -0.05) is 97.9 Å². The molecule has 1 N–H and O–H groups in total. The van der Waals surface area contributed by atoms with Crippen LogP contribution in [0.1, 0.15) is 35.6 Å². The molecule has 1 aliphatic heterocycles. The van der Waals surface area contributed by atoms with Gasteiger partial charge in [0.05, 0.1) is 5.38 Å². The van der Waals surface area contributed by atoms with Gasteiger partial charge < -0.3 is 5.11 Å². The summed E-state index contributed by atoms with van der Waals surface area (Å²) in [6, 6.07) is 32.3. The number of thiophene rings is 1. The number of aliphatic imine (C=N–C) groups is 1. The molecule has 1 unspecified atom stereocenters. The quantitative estimate of drug-likeness (QED) is 0.223. The van der Waals surface area contributed by atoms with Crippen LogP contribution in [-0.2, 0) is 12.0 Å². The van der Waals surface area contributed by atoms with Gasteiger partial charge in [-0.2, -0.15) is 0 Å². The largest absolute Gasteiger partial charge is 0.396 e. The third-order valence-corrected chi connectivity index (χ3v) is 7.53. The summed E-state index contributed by atoms with van der Waals surface area (Å²) in [5, 5.41) is 14.3. The Balaban J connectivity index is 1.97. The lowest BCUT2D eigenvalue weighted by atomic mass is 9.73. The van der Waals surface area contributed by atoms with Crippen molar-refractivity contribution >= 4 is 23.4 Å². The van der Waals surface area contributed by atoms with Crippen molar-refractivity contribution in [3.8, 4) is 0 Å². The van der Waals surface area contributed by atoms with Crippen molar-refractivity contribution in [1.29, 1.82) is 0 Å². The molecule has 34 heavy (non-hydrogen) atoms. The lowest BCUT2D eigenvalue weighted by Crippen LogP contribution is -2.60. The maximum absolute atomic E-state index is 9.76. The molecular formula is C30H29N2OS+. The first-order valence-corrected chi connectivity index (χ1v) is 12.7. The summed E-state index contributed by atoms with van der Waals surface area (Å²) >= 11 is 1.74. The van der Waals surface area contributed by atoms with Crippen LogP contribution in [-0.4, -0.2) is 18.1 Å². The molecule has 0 fully saturated rings. The van der Waals surface area contributed by atoms with Crippen molar-refractivity contribution in [2.75, 3.05) is 6.61 Å². The molecule has 1 aromatic heterocycles. The van der Waals surface area contributed by atoms with Crippen LogP contribution in [0, 0.1) is 0 Å². The highest BCUT2D eigenvalue weighted by Gasteiger charge is 2.58. The molecule has 0 amide bonds. The van der Waals surface area contributed by atoms with Crippen LogP contribution in [0.4, 0.5) is 5.69 Å². The number of rotatable bonds is 8. The predicted octanol–water partition coefficient (Wildman–Crippen LogP) is 6.88. The highest BCUT2D eigenvalue weighted by Crippen LogP contribution is 2.53. The van der Waals surface area contributed by atoms with E-state index in [1.807, 2.05) is 0 Å². The first-order valence-electron chi connectivity index (χ1n) is 11.7. The molecule has 0 saturated heterocycles. The van der Waals surface area contributed by atoms with Crippen molar-refractivity contribution in [2.24, 2.45) is 4.99 Å². The first-order chi connectivity index (χ1) is 16.8. The number of aryl methyl sites for hydroxylation is 1. The van der Waals surface area contributed by atoms with E-state index in [4.69, 9.17) is 4.99 Å². The van der Waals surface area contributed by atoms with E-state index in [1.165, 1.54) is 27.9 Å². The number of nitrogens with zero attached hydrogens (tertiary/aromatic N) is 2. The maximum Gasteiger partial charge on any atom is 0.201 e. The molecule has 1 aliphatic rings. The molecule has 3 nitrogen and oxygen atoms in total. The van der Waals surface area contributed by atoms with Crippen LogP contribution in [0.5, 0.6) is 0 Å². The van der Waals surface area contributed by atoms with Crippen LogP contribution in [0.2, 0.25) is 0 Å². The van der Waals surface area contributed by atoms with Crippen molar-refractivity contribution in [3.63, 3.8) is 0 Å². The molecule has 3 aromatic carbocycles. The summed E-state index contributed by atoms with van der Waals surface area (Å²) in [4.78, 5) is 4.91. The minimum atomic E-state index is -0.616. The third-order valence-electron chi connectivity index (χ3n) is 6.75. The van der Waals surface area contributed by atoms with Gasteiger partial charge in [0.15, 0.2) is 11.2 Å². The monoisotopic (exact) mass is 465 g/mol. The molecule has 0 bridgehead atoms. The topological polar surface area (TPSA) is 32.6 Å². The third kappa shape index (κ3) is 3.46. The van der Waals surface area contributed by atoms with E-state index in [0.29, 0.717) is 10.9 Å². The van der Waals surface area contributed by atoms with Crippen LogP contribution in [0.15, 0.2) is 119 Å². The Hall–Kier alpha value is -3.31. The second-order valence-electron chi connectivity index (χ2n) is 8.56. The zero-order valence-electron chi connectivity index (χ0n) is 19.3. The normalized spacial score (nSPS) is 17.6. The average molecular weight is 466 g/mol.